The van der Waals surface area contributed by atoms with Crippen molar-refractivity contribution in [1.82, 2.24) is 0 Å². The molecule has 0 spiro atoms. The van der Waals surface area contributed by atoms with Gasteiger partial charge in [0.15, 0.2) is 0 Å². The van der Waals surface area contributed by atoms with E-state index in [1.54, 1.807) is 0 Å². The van der Waals surface area contributed by atoms with Crippen molar-refractivity contribution in [2.75, 3.05) is 0 Å². The van der Waals surface area contributed by atoms with E-state index in [0.717, 1.165) is 29.9 Å². The summed E-state index contributed by atoms with van der Waals surface area (Å²) in [6.07, 6.45) is 1.69. The van der Waals surface area contributed by atoms with Crippen LogP contribution in [0.4, 0.5) is 5.69 Å². The molecular weight excluding hydrogens is 190 g/mol. The minimum Gasteiger partial charge on any atom is -0.258 e. The van der Waals surface area contributed by atoms with Crippen LogP contribution in [0.1, 0.15) is 38.3 Å². The summed E-state index contributed by atoms with van der Waals surface area (Å²) in [7, 11) is 0. The van der Waals surface area contributed by atoms with Crippen LogP contribution in [0.2, 0.25) is 0 Å². The summed E-state index contributed by atoms with van der Waals surface area (Å²) in [6.45, 7) is 5.83. The summed E-state index contributed by atoms with van der Waals surface area (Å²) in [5.74, 6) is 0.986. The van der Waals surface area contributed by atoms with Gasteiger partial charge < -0.3 is 0 Å². The van der Waals surface area contributed by atoms with Crippen molar-refractivity contribution in [3.63, 3.8) is 0 Å². The van der Waals surface area contributed by atoms with E-state index in [1.807, 2.05) is 39.0 Å². The van der Waals surface area contributed by atoms with Gasteiger partial charge in [-0.15, -0.1) is 0 Å². The Labute approximate surface area is 90.3 Å². The molecule has 0 heterocycles. The van der Waals surface area contributed by atoms with Crippen LogP contribution in [0.5, 0.6) is 0 Å². The number of nitro benzene ring substituents is 1. The van der Waals surface area contributed by atoms with E-state index in [2.05, 4.69) is 0 Å². The molecule has 0 amide bonds. The SMILES string of the molecule is CCCc1cccc([C](C)C)c1[N+](=O)[O-]. The zero-order valence-electron chi connectivity index (χ0n) is 9.41. The molecule has 0 saturated heterocycles. The molecule has 0 fully saturated rings. The largest absolute Gasteiger partial charge is 0.276 e. The van der Waals surface area contributed by atoms with Crippen LogP contribution in [-0.2, 0) is 6.42 Å². The van der Waals surface area contributed by atoms with Gasteiger partial charge in [0.1, 0.15) is 0 Å². The molecule has 1 aromatic carbocycles. The third-order valence-corrected chi connectivity index (χ3v) is 2.36. The van der Waals surface area contributed by atoms with Gasteiger partial charge in [-0.05, 0) is 6.42 Å². The Morgan fingerprint density at radius 3 is 2.53 bits per heavy atom. The average molecular weight is 206 g/mol. The molecule has 0 aliphatic carbocycles. The second-order valence-corrected chi connectivity index (χ2v) is 3.82. The molecule has 0 atom stereocenters. The molecule has 15 heavy (non-hydrogen) atoms. The highest BCUT2D eigenvalue weighted by Crippen LogP contribution is 2.29. The molecule has 3 nitrogen and oxygen atoms in total. The fourth-order valence-electron chi connectivity index (χ4n) is 1.68. The minimum atomic E-state index is -0.271. The molecule has 0 bridgehead atoms. The van der Waals surface area contributed by atoms with Gasteiger partial charge in [0.25, 0.3) is 5.69 Å². The Balaban J connectivity index is 3.28. The normalized spacial score (nSPS) is 10.7. The molecule has 3 heteroatoms. The summed E-state index contributed by atoms with van der Waals surface area (Å²) < 4.78 is 0. The van der Waals surface area contributed by atoms with E-state index >= 15 is 0 Å². The molecule has 81 valence electrons. The van der Waals surface area contributed by atoms with E-state index in [0.29, 0.717) is 0 Å². The van der Waals surface area contributed by atoms with E-state index in [1.165, 1.54) is 0 Å². The van der Waals surface area contributed by atoms with Crippen LogP contribution in [0.3, 0.4) is 0 Å². The third kappa shape index (κ3) is 2.55. The van der Waals surface area contributed by atoms with Crippen molar-refractivity contribution >= 4 is 5.69 Å². The second-order valence-electron chi connectivity index (χ2n) is 3.82. The lowest BCUT2D eigenvalue weighted by atomic mass is 9.96. The maximum absolute atomic E-state index is 11.0. The Hall–Kier alpha value is -1.38. The predicted octanol–water partition coefficient (Wildman–Crippen LogP) is 3.51. The highest BCUT2D eigenvalue weighted by molar-refractivity contribution is 5.53. The van der Waals surface area contributed by atoms with E-state index < -0.39 is 0 Å². The van der Waals surface area contributed by atoms with Crippen LogP contribution in [0.15, 0.2) is 18.2 Å². The number of para-hydroxylation sites is 1. The van der Waals surface area contributed by atoms with Crippen LogP contribution in [-0.4, -0.2) is 4.92 Å². The summed E-state index contributed by atoms with van der Waals surface area (Å²) in [5.41, 5.74) is 1.87. The third-order valence-electron chi connectivity index (χ3n) is 2.36. The lowest BCUT2D eigenvalue weighted by Gasteiger charge is -2.09. The molecule has 0 aromatic heterocycles. The van der Waals surface area contributed by atoms with Crippen LogP contribution < -0.4 is 0 Å². The second kappa shape index (κ2) is 4.91. The van der Waals surface area contributed by atoms with E-state index in [-0.39, 0.29) is 10.6 Å². The van der Waals surface area contributed by atoms with Gasteiger partial charge in [0, 0.05) is 17.0 Å². The first kappa shape index (κ1) is 11.7. The maximum atomic E-state index is 11.0. The minimum absolute atomic E-state index is 0.271. The summed E-state index contributed by atoms with van der Waals surface area (Å²) >= 11 is 0. The molecule has 0 N–H and O–H groups in total. The van der Waals surface area contributed by atoms with Crippen molar-refractivity contribution in [2.45, 2.75) is 33.6 Å². The Bertz CT molecular complexity index is 359. The molecule has 0 unspecified atom stereocenters. The zero-order valence-corrected chi connectivity index (χ0v) is 9.41. The van der Waals surface area contributed by atoms with Gasteiger partial charge in [-0.3, -0.25) is 10.1 Å². The Morgan fingerprint density at radius 1 is 1.40 bits per heavy atom. The van der Waals surface area contributed by atoms with Crippen molar-refractivity contribution < 1.29 is 4.92 Å². The first-order valence-corrected chi connectivity index (χ1v) is 5.14. The molecule has 1 aromatic rings. The quantitative estimate of drug-likeness (QED) is 0.559. The smallest absolute Gasteiger partial charge is 0.258 e. The lowest BCUT2D eigenvalue weighted by Crippen LogP contribution is -2.02. The maximum Gasteiger partial charge on any atom is 0.276 e. The Kier molecular flexibility index (Phi) is 3.83. The number of aryl methyl sites for hydroxylation is 1. The predicted molar refractivity (Wildman–Crippen MR) is 60.8 cm³/mol. The topological polar surface area (TPSA) is 43.1 Å². The molecular formula is C12H16NO2. The van der Waals surface area contributed by atoms with Crippen molar-refractivity contribution in [3.8, 4) is 0 Å². The van der Waals surface area contributed by atoms with Crippen LogP contribution in [0.25, 0.3) is 0 Å². The molecule has 0 aliphatic heterocycles. The van der Waals surface area contributed by atoms with Crippen molar-refractivity contribution in [3.05, 3.63) is 45.4 Å². The summed E-state index contributed by atoms with van der Waals surface area (Å²) in [6, 6.07) is 5.54. The zero-order chi connectivity index (χ0) is 11.4. The van der Waals surface area contributed by atoms with Gasteiger partial charge in [0.05, 0.1) is 4.92 Å². The van der Waals surface area contributed by atoms with Gasteiger partial charge in [-0.1, -0.05) is 45.4 Å². The number of rotatable bonds is 4. The van der Waals surface area contributed by atoms with Gasteiger partial charge in [-0.2, -0.15) is 0 Å². The number of hydrogen-bond acceptors (Lipinski definition) is 2. The standard InChI is InChI=1S/C12H16NO2/c1-4-6-10-7-5-8-11(9(2)3)12(10)13(14)15/h5,7-8H,4,6H2,1-3H3. The molecule has 1 rings (SSSR count). The number of nitro groups is 1. The van der Waals surface area contributed by atoms with E-state index in [9.17, 15) is 10.1 Å². The lowest BCUT2D eigenvalue weighted by molar-refractivity contribution is -0.386. The van der Waals surface area contributed by atoms with Crippen LogP contribution >= 0.6 is 0 Å². The van der Waals surface area contributed by atoms with Gasteiger partial charge in [0.2, 0.25) is 0 Å². The molecule has 0 saturated carbocycles. The highest BCUT2D eigenvalue weighted by atomic mass is 16.6. The van der Waals surface area contributed by atoms with Crippen molar-refractivity contribution in [1.29, 1.82) is 0 Å². The Morgan fingerprint density at radius 2 is 2.07 bits per heavy atom. The van der Waals surface area contributed by atoms with Crippen LogP contribution in [0, 0.1) is 16.0 Å². The van der Waals surface area contributed by atoms with Gasteiger partial charge >= 0.3 is 0 Å². The van der Waals surface area contributed by atoms with E-state index in [4.69, 9.17) is 0 Å². The van der Waals surface area contributed by atoms with Gasteiger partial charge in [-0.25, -0.2) is 0 Å². The number of nitrogens with zero attached hydrogens (tertiary/aromatic N) is 1. The molecule has 0 aliphatic rings. The van der Waals surface area contributed by atoms with Crippen molar-refractivity contribution in [2.24, 2.45) is 0 Å². The summed E-state index contributed by atoms with van der Waals surface area (Å²) in [5, 5.41) is 11.0. The fraction of sp³-hybridized carbons (Fsp3) is 0.417. The first-order valence-electron chi connectivity index (χ1n) is 5.14. The average Bonchev–Trinajstić information content (AvgIpc) is 2.17. The monoisotopic (exact) mass is 206 g/mol. The molecule has 1 radical (unpaired) electrons. The first-order chi connectivity index (χ1) is 7.07. The highest BCUT2D eigenvalue weighted by Gasteiger charge is 2.20. The fourth-order valence-corrected chi connectivity index (χ4v) is 1.68. The summed E-state index contributed by atoms with van der Waals surface area (Å²) in [4.78, 5) is 10.7. The number of hydrogen-bond donors (Lipinski definition) is 0. The number of benzene rings is 1.